The second-order valence-electron chi connectivity index (χ2n) is 9.53. The van der Waals surface area contributed by atoms with E-state index < -0.39 is 0 Å². The second kappa shape index (κ2) is 9.90. The minimum absolute atomic E-state index is 0.306. The van der Waals surface area contributed by atoms with Gasteiger partial charge in [-0.2, -0.15) is 4.98 Å². The summed E-state index contributed by atoms with van der Waals surface area (Å²) in [6.07, 6.45) is 0. The molecule has 3 heterocycles. The average molecular weight is 475 g/mol. The highest BCUT2D eigenvalue weighted by Crippen LogP contribution is 2.30. The summed E-state index contributed by atoms with van der Waals surface area (Å²) in [5, 5.41) is 20.5. The van der Waals surface area contributed by atoms with Crippen LogP contribution >= 0.6 is 0 Å². The lowest BCUT2D eigenvalue weighted by atomic mass is 10.1. The zero-order valence-corrected chi connectivity index (χ0v) is 20.5. The van der Waals surface area contributed by atoms with Gasteiger partial charge in [0.1, 0.15) is 17.3 Å². The predicted octanol–water partition coefficient (Wildman–Crippen LogP) is 3.66. The Hall–Kier alpha value is -3.68. The number of nitrogens with zero attached hydrogens (tertiary/aromatic N) is 6. The van der Waals surface area contributed by atoms with Crippen LogP contribution in [0, 0.1) is 0 Å². The molecular weight excluding hydrogens is 440 g/mol. The van der Waals surface area contributed by atoms with Crippen LogP contribution in [0.1, 0.15) is 25.5 Å². The molecule has 1 aromatic heterocycles. The number of aromatic hydroxyl groups is 2. The summed E-state index contributed by atoms with van der Waals surface area (Å²) < 4.78 is 0. The van der Waals surface area contributed by atoms with Gasteiger partial charge >= 0.3 is 0 Å². The highest BCUT2D eigenvalue weighted by atomic mass is 16.3. The van der Waals surface area contributed by atoms with Crippen molar-refractivity contribution >= 4 is 23.1 Å². The first kappa shape index (κ1) is 23.1. The molecule has 0 atom stereocenters. The van der Waals surface area contributed by atoms with E-state index in [4.69, 9.17) is 9.97 Å². The predicted molar refractivity (Wildman–Crippen MR) is 141 cm³/mol. The van der Waals surface area contributed by atoms with Crippen molar-refractivity contribution in [1.29, 1.82) is 0 Å². The number of benzene rings is 2. The van der Waals surface area contributed by atoms with E-state index in [0.29, 0.717) is 17.4 Å². The average Bonchev–Trinajstić information content (AvgIpc) is 2.89. The maximum atomic E-state index is 10.2. The Morgan fingerprint density at radius 3 is 1.57 bits per heavy atom. The van der Waals surface area contributed by atoms with Crippen LogP contribution in [0.5, 0.6) is 11.5 Å². The molecular formula is C27H34N6O2. The van der Waals surface area contributed by atoms with Gasteiger partial charge in [-0.05, 0) is 30.2 Å². The second-order valence-corrected chi connectivity index (χ2v) is 9.53. The third kappa shape index (κ3) is 4.92. The molecule has 0 aliphatic carbocycles. The van der Waals surface area contributed by atoms with Crippen molar-refractivity contribution in [3.05, 3.63) is 60.3 Å². The molecule has 0 bridgehead atoms. The van der Waals surface area contributed by atoms with Gasteiger partial charge in [0.15, 0.2) is 0 Å². The van der Waals surface area contributed by atoms with Crippen molar-refractivity contribution in [2.75, 3.05) is 72.0 Å². The molecule has 0 radical (unpaired) electrons. The topological polar surface area (TPSA) is 79.2 Å². The molecule has 2 aromatic carbocycles. The number of anilines is 4. The number of para-hydroxylation sites is 4. The van der Waals surface area contributed by atoms with Gasteiger partial charge in [0.2, 0.25) is 5.95 Å². The van der Waals surface area contributed by atoms with Crippen molar-refractivity contribution in [3.8, 4) is 11.5 Å². The van der Waals surface area contributed by atoms with Crippen molar-refractivity contribution in [2.24, 2.45) is 0 Å². The molecule has 0 amide bonds. The van der Waals surface area contributed by atoms with Crippen LogP contribution in [0.15, 0.2) is 54.6 Å². The zero-order chi connectivity index (χ0) is 24.4. The molecule has 2 aliphatic rings. The van der Waals surface area contributed by atoms with E-state index in [1.165, 1.54) is 0 Å². The molecule has 0 spiro atoms. The third-order valence-corrected chi connectivity index (χ3v) is 6.92. The zero-order valence-electron chi connectivity index (χ0n) is 20.5. The molecule has 184 valence electrons. The van der Waals surface area contributed by atoms with Gasteiger partial charge in [-0.1, -0.05) is 38.1 Å². The maximum absolute atomic E-state index is 10.2. The van der Waals surface area contributed by atoms with Crippen molar-refractivity contribution in [2.45, 2.75) is 19.8 Å². The van der Waals surface area contributed by atoms with E-state index in [1.54, 1.807) is 12.1 Å². The smallest absolute Gasteiger partial charge is 0.227 e. The fourth-order valence-corrected chi connectivity index (χ4v) is 4.83. The molecule has 8 nitrogen and oxygen atoms in total. The molecule has 0 saturated carbocycles. The first-order valence-electron chi connectivity index (χ1n) is 12.4. The Labute approximate surface area is 207 Å². The summed E-state index contributed by atoms with van der Waals surface area (Å²) in [6.45, 7) is 10.9. The summed E-state index contributed by atoms with van der Waals surface area (Å²) in [6, 6.07) is 17.2. The van der Waals surface area contributed by atoms with Gasteiger partial charge in [-0.15, -0.1) is 0 Å². The Morgan fingerprint density at radius 1 is 0.629 bits per heavy atom. The van der Waals surface area contributed by atoms with Crippen LogP contribution in [-0.4, -0.2) is 72.5 Å². The van der Waals surface area contributed by atoms with E-state index in [-0.39, 0.29) is 0 Å². The first-order valence-corrected chi connectivity index (χ1v) is 12.4. The van der Waals surface area contributed by atoms with E-state index in [1.807, 2.05) is 36.4 Å². The van der Waals surface area contributed by atoms with Crippen molar-refractivity contribution < 1.29 is 10.2 Å². The van der Waals surface area contributed by atoms with Crippen molar-refractivity contribution in [3.63, 3.8) is 0 Å². The molecule has 35 heavy (non-hydrogen) atoms. The summed E-state index contributed by atoms with van der Waals surface area (Å²) in [5.74, 6) is 2.71. The molecule has 3 aromatic rings. The highest BCUT2D eigenvalue weighted by Gasteiger charge is 2.25. The fourth-order valence-electron chi connectivity index (χ4n) is 4.83. The van der Waals surface area contributed by atoms with Gasteiger partial charge in [-0.3, -0.25) is 0 Å². The number of phenolic OH excluding ortho intramolecular Hbond substituents is 2. The van der Waals surface area contributed by atoms with Crippen molar-refractivity contribution in [1.82, 2.24) is 9.97 Å². The Balaban J connectivity index is 1.30. The lowest BCUT2D eigenvalue weighted by molar-refractivity contribution is 0.472. The summed E-state index contributed by atoms with van der Waals surface area (Å²) in [7, 11) is 0. The number of rotatable bonds is 5. The normalized spacial score (nSPS) is 16.8. The van der Waals surface area contributed by atoms with Gasteiger partial charge in [0, 0.05) is 58.4 Å². The van der Waals surface area contributed by atoms with Crippen LogP contribution in [0.3, 0.4) is 0 Å². The standard InChI is InChI=1S/C27H34N6O2/c1-20(2)21-19-26(32-15-11-30(12-16-32)22-7-3-5-9-24(22)34)29-27(28-21)33-17-13-31(14-18-33)23-8-4-6-10-25(23)35/h3-10,19-20,34-35H,11-18H2,1-2H3. The molecule has 2 N–H and O–H groups in total. The van der Waals surface area contributed by atoms with E-state index in [0.717, 1.165) is 81.2 Å². The largest absolute Gasteiger partial charge is 0.506 e. The molecule has 8 heteroatoms. The van der Waals surface area contributed by atoms with Gasteiger partial charge in [-0.25, -0.2) is 4.98 Å². The SMILES string of the molecule is CC(C)c1cc(N2CCN(c3ccccc3O)CC2)nc(N2CCN(c3ccccc3O)CC2)n1. The monoisotopic (exact) mass is 474 g/mol. The highest BCUT2D eigenvalue weighted by molar-refractivity contribution is 5.60. The number of hydrogen-bond acceptors (Lipinski definition) is 8. The first-order chi connectivity index (χ1) is 17.0. The summed E-state index contributed by atoms with van der Waals surface area (Å²) in [4.78, 5) is 18.9. The third-order valence-electron chi connectivity index (χ3n) is 6.92. The van der Waals surface area contributed by atoms with Gasteiger partial charge in [0.25, 0.3) is 0 Å². The molecule has 2 saturated heterocycles. The Kier molecular flexibility index (Phi) is 6.53. The lowest BCUT2D eigenvalue weighted by Crippen LogP contribution is -2.48. The molecule has 5 rings (SSSR count). The van der Waals surface area contributed by atoms with Crippen LogP contribution < -0.4 is 19.6 Å². The maximum Gasteiger partial charge on any atom is 0.227 e. The van der Waals surface area contributed by atoms with Crippen LogP contribution in [-0.2, 0) is 0 Å². The van der Waals surface area contributed by atoms with E-state index in [9.17, 15) is 10.2 Å². The quantitative estimate of drug-likeness (QED) is 0.580. The molecule has 2 fully saturated rings. The van der Waals surface area contributed by atoms with Gasteiger partial charge in [0.05, 0.1) is 17.1 Å². The lowest BCUT2D eigenvalue weighted by Gasteiger charge is -2.38. The molecule has 0 unspecified atom stereocenters. The summed E-state index contributed by atoms with van der Waals surface area (Å²) in [5.41, 5.74) is 2.82. The number of phenols is 2. The fraction of sp³-hybridized carbons (Fsp3) is 0.407. The summed E-state index contributed by atoms with van der Waals surface area (Å²) >= 11 is 0. The number of hydrogen-bond donors (Lipinski definition) is 2. The van der Waals surface area contributed by atoms with Crippen LogP contribution in [0.2, 0.25) is 0 Å². The minimum atomic E-state index is 0.306. The Bertz CT molecular complexity index is 1070. The van der Waals surface area contributed by atoms with Crippen LogP contribution in [0.4, 0.5) is 23.1 Å². The van der Waals surface area contributed by atoms with E-state index >= 15 is 0 Å². The number of piperazine rings is 2. The molecule has 2 aliphatic heterocycles. The van der Waals surface area contributed by atoms with Gasteiger partial charge < -0.3 is 29.8 Å². The minimum Gasteiger partial charge on any atom is -0.506 e. The van der Waals surface area contributed by atoms with Crippen LogP contribution in [0.25, 0.3) is 0 Å². The number of aromatic nitrogens is 2. The van der Waals surface area contributed by atoms with E-state index in [2.05, 4.69) is 39.5 Å². The Morgan fingerprint density at radius 2 is 1.09 bits per heavy atom.